The van der Waals surface area contributed by atoms with Crippen LogP contribution >= 0.6 is 11.6 Å². The molecule has 6 heteroatoms. The highest BCUT2D eigenvalue weighted by atomic mass is 35.5. The molecule has 5 nitrogen and oxygen atoms in total. The molecule has 1 rings (SSSR count). The second kappa shape index (κ2) is 11.9. The minimum atomic E-state index is -1.16. The van der Waals surface area contributed by atoms with Crippen molar-refractivity contribution < 1.29 is 24.9 Å². The predicted molar refractivity (Wildman–Crippen MR) is 102 cm³/mol. The summed E-state index contributed by atoms with van der Waals surface area (Å²) in [7, 11) is 0. The summed E-state index contributed by atoms with van der Waals surface area (Å²) in [6, 6.07) is 1.03. The Labute approximate surface area is 160 Å². The molecule has 1 unspecified atom stereocenters. The minimum Gasteiger partial charge on any atom is -0.507 e. The van der Waals surface area contributed by atoms with Gasteiger partial charge in [0.1, 0.15) is 11.5 Å². The number of aldehydes is 1. The summed E-state index contributed by atoms with van der Waals surface area (Å²) in [5.41, 5.74) is -0.508. The smallest absolute Gasteiger partial charge is 0.229 e. The third kappa shape index (κ3) is 6.61. The van der Waals surface area contributed by atoms with E-state index in [0.717, 1.165) is 31.7 Å². The van der Waals surface area contributed by atoms with Gasteiger partial charge in [-0.05, 0) is 12.5 Å². The zero-order valence-corrected chi connectivity index (χ0v) is 16.1. The van der Waals surface area contributed by atoms with Crippen molar-refractivity contribution in [3.63, 3.8) is 0 Å². The van der Waals surface area contributed by atoms with Crippen LogP contribution in [0.5, 0.6) is 11.5 Å². The summed E-state index contributed by atoms with van der Waals surface area (Å²) in [6.45, 7) is 2.19. The number of phenolic OH excluding ortho intramolecular Hbond substituents is 2. The number of Topliss-reactive ketones (excluding diaryl/α,β-unsaturated/α-hetero) is 1. The van der Waals surface area contributed by atoms with Crippen LogP contribution in [0.4, 0.5) is 0 Å². The molecule has 0 aromatic heterocycles. The summed E-state index contributed by atoms with van der Waals surface area (Å²) < 4.78 is 0. The van der Waals surface area contributed by atoms with Gasteiger partial charge < -0.3 is 15.3 Å². The number of hydrogen-bond acceptors (Lipinski definition) is 5. The van der Waals surface area contributed by atoms with Crippen LogP contribution in [0.15, 0.2) is 6.07 Å². The van der Waals surface area contributed by atoms with E-state index in [9.17, 15) is 24.9 Å². The van der Waals surface area contributed by atoms with Crippen molar-refractivity contribution in [1.29, 1.82) is 0 Å². The Morgan fingerprint density at radius 2 is 1.58 bits per heavy atom. The van der Waals surface area contributed by atoms with Crippen LogP contribution in [-0.2, 0) is 4.79 Å². The van der Waals surface area contributed by atoms with Crippen LogP contribution in [0.3, 0.4) is 0 Å². The molecule has 1 aromatic rings. The predicted octanol–water partition coefficient (Wildman–Crippen LogP) is 5.09. The fraction of sp³-hybridized carbons (Fsp3) is 0.600. The van der Waals surface area contributed by atoms with E-state index >= 15 is 0 Å². The van der Waals surface area contributed by atoms with Gasteiger partial charge in [-0.1, -0.05) is 76.3 Å². The van der Waals surface area contributed by atoms with Crippen LogP contribution in [0, 0.1) is 0 Å². The number of rotatable bonds is 13. The largest absolute Gasteiger partial charge is 0.507 e. The number of aliphatic hydroxyl groups excluding tert-OH is 1. The lowest BCUT2D eigenvalue weighted by Crippen LogP contribution is -2.06. The Kier molecular flexibility index (Phi) is 10.3. The Morgan fingerprint density at radius 3 is 2.12 bits per heavy atom. The summed E-state index contributed by atoms with van der Waals surface area (Å²) >= 11 is 5.85. The highest BCUT2D eigenvalue weighted by Crippen LogP contribution is 2.42. The normalized spacial score (nSPS) is 12.1. The number of carbonyl (C=O) groups excluding carboxylic acids is 2. The van der Waals surface area contributed by atoms with Crippen LogP contribution in [0.1, 0.15) is 93.2 Å². The number of aliphatic hydroxyl groups is 1. The lowest BCUT2D eigenvalue weighted by atomic mass is 9.96. The minimum absolute atomic E-state index is 0.0547. The quantitative estimate of drug-likeness (QED) is 0.190. The first-order valence-electron chi connectivity index (χ1n) is 9.35. The van der Waals surface area contributed by atoms with Gasteiger partial charge in [-0.25, -0.2) is 0 Å². The number of halogens is 1. The van der Waals surface area contributed by atoms with E-state index in [-0.39, 0.29) is 22.4 Å². The van der Waals surface area contributed by atoms with Crippen LogP contribution < -0.4 is 0 Å². The molecular formula is C20H29ClO5. The van der Waals surface area contributed by atoms with Gasteiger partial charge in [0.25, 0.3) is 0 Å². The first kappa shape index (κ1) is 22.5. The molecule has 0 amide bonds. The Bertz CT molecular complexity index is 600. The number of benzene rings is 1. The maximum atomic E-state index is 11.5. The Morgan fingerprint density at radius 1 is 1.04 bits per heavy atom. The molecule has 0 saturated heterocycles. The van der Waals surface area contributed by atoms with E-state index in [1.165, 1.54) is 32.1 Å². The molecule has 0 aliphatic heterocycles. The molecule has 0 aliphatic rings. The second-order valence-corrected chi connectivity index (χ2v) is 7.04. The molecular weight excluding hydrogens is 356 g/mol. The van der Waals surface area contributed by atoms with Crippen molar-refractivity contribution in [3.8, 4) is 11.5 Å². The molecule has 1 aromatic carbocycles. The van der Waals surface area contributed by atoms with Crippen molar-refractivity contribution >= 4 is 23.7 Å². The maximum Gasteiger partial charge on any atom is 0.229 e. The van der Waals surface area contributed by atoms with E-state index in [1.807, 2.05) is 0 Å². The van der Waals surface area contributed by atoms with Crippen LogP contribution in [0.2, 0.25) is 5.02 Å². The third-order valence-electron chi connectivity index (χ3n) is 4.55. The molecule has 1 atom stereocenters. The standard InChI is InChI=1S/C20H29ClO5/c1-2-3-4-5-6-7-8-9-10-11-16(23)18-19(25)14(17(24)13-22)12-15(21)20(18)26/h12-13,16,23,25-26H,2-11H2,1H3. The monoisotopic (exact) mass is 384 g/mol. The Balaban J connectivity index is 2.54. The SMILES string of the molecule is CCCCCCCCCCCC(O)c1c(O)c(Cl)cc(C(=O)C=O)c1O. The second-order valence-electron chi connectivity index (χ2n) is 6.63. The van der Waals surface area contributed by atoms with Gasteiger partial charge in [0.2, 0.25) is 5.78 Å². The average Bonchev–Trinajstić information content (AvgIpc) is 2.62. The Hall–Kier alpha value is -1.59. The molecule has 0 fully saturated rings. The average molecular weight is 385 g/mol. The van der Waals surface area contributed by atoms with Crippen molar-refractivity contribution in [2.24, 2.45) is 0 Å². The van der Waals surface area contributed by atoms with Gasteiger partial charge in [0.05, 0.1) is 22.3 Å². The molecule has 3 N–H and O–H groups in total. The molecule has 0 spiro atoms. The maximum absolute atomic E-state index is 11.5. The fourth-order valence-electron chi connectivity index (χ4n) is 3.01. The van der Waals surface area contributed by atoms with Gasteiger partial charge >= 0.3 is 0 Å². The zero-order valence-electron chi connectivity index (χ0n) is 15.3. The van der Waals surface area contributed by atoms with Crippen molar-refractivity contribution in [2.75, 3.05) is 0 Å². The van der Waals surface area contributed by atoms with Gasteiger partial charge in [0, 0.05) is 0 Å². The number of hydrogen-bond donors (Lipinski definition) is 3. The third-order valence-corrected chi connectivity index (χ3v) is 4.84. The molecule has 26 heavy (non-hydrogen) atoms. The molecule has 146 valence electrons. The lowest BCUT2D eigenvalue weighted by Gasteiger charge is -2.17. The molecule has 0 heterocycles. The van der Waals surface area contributed by atoms with E-state index in [1.54, 1.807) is 0 Å². The fourth-order valence-corrected chi connectivity index (χ4v) is 3.22. The molecule has 0 radical (unpaired) electrons. The molecule has 0 aliphatic carbocycles. The lowest BCUT2D eigenvalue weighted by molar-refractivity contribution is -0.104. The van der Waals surface area contributed by atoms with Crippen molar-refractivity contribution in [2.45, 2.75) is 77.2 Å². The number of ketones is 1. The summed E-state index contributed by atoms with van der Waals surface area (Å²) in [6.07, 6.45) is 9.39. The van der Waals surface area contributed by atoms with Gasteiger partial charge in [0.15, 0.2) is 6.29 Å². The van der Waals surface area contributed by atoms with Gasteiger partial charge in [-0.3, -0.25) is 9.59 Å². The molecule has 0 bridgehead atoms. The first-order chi connectivity index (χ1) is 12.4. The van der Waals surface area contributed by atoms with Crippen LogP contribution in [-0.4, -0.2) is 27.4 Å². The highest BCUT2D eigenvalue weighted by molar-refractivity contribution is 6.37. The summed E-state index contributed by atoms with van der Waals surface area (Å²) in [5.74, 6) is -2.01. The van der Waals surface area contributed by atoms with E-state index in [2.05, 4.69) is 6.92 Å². The highest BCUT2D eigenvalue weighted by Gasteiger charge is 2.25. The number of phenols is 2. The zero-order chi connectivity index (χ0) is 19.5. The number of unbranched alkanes of at least 4 members (excludes halogenated alkanes) is 8. The summed E-state index contributed by atoms with van der Waals surface area (Å²) in [4.78, 5) is 22.2. The van der Waals surface area contributed by atoms with Gasteiger partial charge in [-0.15, -0.1) is 0 Å². The first-order valence-corrected chi connectivity index (χ1v) is 9.73. The summed E-state index contributed by atoms with van der Waals surface area (Å²) in [5, 5.41) is 30.3. The van der Waals surface area contributed by atoms with E-state index in [4.69, 9.17) is 11.6 Å². The molecule has 0 saturated carbocycles. The van der Waals surface area contributed by atoms with E-state index < -0.39 is 23.4 Å². The van der Waals surface area contributed by atoms with Crippen molar-refractivity contribution in [3.05, 3.63) is 22.2 Å². The van der Waals surface area contributed by atoms with E-state index in [0.29, 0.717) is 6.42 Å². The van der Waals surface area contributed by atoms with Crippen molar-refractivity contribution in [1.82, 2.24) is 0 Å². The van der Waals surface area contributed by atoms with Gasteiger partial charge in [-0.2, -0.15) is 0 Å². The topological polar surface area (TPSA) is 94.8 Å². The van der Waals surface area contributed by atoms with Crippen LogP contribution in [0.25, 0.3) is 0 Å². The number of aromatic hydroxyl groups is 2. The number of carbonyl (C=O) groups is 2.